The molecule has 0 amide bonds. The van der Waals surface area contributed by atoms with Gasteiger partial charge in [-0.1, -0.05) is 43.5 Å². The summed E-state index contributed by atoms with van der Waals surface area (Å²) in [5.41, 5.74) is 3.57. The maximum Gasteiger partial charge on any atom is 0.0919 e. The molecule has 2 heteroatoms. The highest BCUT2D eigenvalue weighted by Crippen LogP contribution is 2.25. The highest BCUT2D eigenvalue weighted by molar-refractivity contribution is 5.32. The van der Waals surface area contributed by atoms with E-state index in [0.717, 1.165) is 18.7 Å². The molecular weight excluding hydrogens is 246 g/mol. The normalized spacial score (nSPS) is 21.9. The Balaban J connectivity index is 2.03. The highest BCUT2D eigenvalue weighted by atomic mass is 16.3. The third-order valence-electron chi connectivity index (χ3n) is 4.56. The fourth-order valence-electron chi connectivity index (χ4n) is 3.48. The summed E-state index contributed by atoms with van der Waals surface area (Å²) < 4.78 is 0. The van der Waals surface area contributed by atoms with Crippen molar-refractivity contribution >= 4 is 0 Å². The Labute approximate surface area is 123 Å². The van der Waals surface area contributed by atoms with Gasteiger partial charge in [0.25, 0.3) is 0 Å². The second-order valence-electron chi connectivity index (χ2n) is 6.31. The van der Waals surface area contributed by atoms with Crippen LogP contribution in [0.25, 0.3) is 0 Å². The zero-order valence-electron chi connectivity index (χ0n) is 13.2. The van der Waals surface area contributed by atoms with E-state index in [1.807, 2.05) is 0 Å². The number of rotatable bonds is 5. The third-order valence-corrected chi connectivity index (χ3v) is 4.56. The van der Waals surface area contributed by atoms with Gasteiger partial charge in [-0.2, -0.15) is 0 Å². The van der Waals surface area contributed by atoms with Crippen molar-refractivity contribution in [2.24, 2.45) is 0 Å². The SMILES string of the molecule is CCCC1CCCCN1CC(O)c1ccc(C)cc1C. The topological polar surface area (TPSA) is 23.5 Å². The van der Waals surface area contributed by atoms with Crippen LogP contribution < -0.4 is 0 Å². The lowest BCUT2D eigenvalue weighted by molar-refractivity contribution is 0.0632. The van der Waals surface area contributed by atoms with Crippen LogP contribution in [0.1, 0.15) is 61.8 Å². The summed E-state index contributed by atoms with van der Waals surface area (Å²) in [6.07, 6.45) is 6.07. The van der Waals surface area contributed by atoms with E-state index in [9.17, 15) is 5.11 Å². The first-order valence-corrected chi connectivity index (χ1v) is 8.11. The van der Waals surface area contributed by atoms with Crippen LogP contribution in [0.2, 0.25) is 0 Å². The van der Waals surface area contributed by atoms with E-state index in [1.165, 1.54) is 43.2 Å². The molecule has 2 atom stereocenters. The number of benzene rings is 1. The number of hydrogen-bond acceptors (Lipinski definition) is 2. The Morgan fingerprint density at radius 3 is 2.80 bits per heavy atom. The molecule has 0 radical (unpaired) electrons. The Kier molecular flexibility index (Phi) is 5.62. The molecule has 0 aliphatic carbocycles. The Bertz CT molecular complexity index is 427. The summed E-state index contributed by atoms with van der Waals surface area (Å²) >= 11 is 0. The number of hydrogen-bond donors (Lipinski definition) is 1. The molecular formula is C18H29NO. The van der Waals surface area contributed by atoms with Gasteiger partial charge in [0, 0.05) is 12.6 Å². The van der Waals surface area contributed by atoms with Crippen LogP contribution in [0.15, 0.2) is 18.2 Å². The van der Waals surface area contributed by atoms with E-state index in [4.69, 9.17) is 0 Å². The summed E-state index contributed by atoms with van der Waals surface area (Å²) in [6.45, 7) is 8.39. The summed E-state index contributed by atoms with van der Waals surface area (Å²) in [7, 11) is 0. The van der Waals surface area contributed by atoms with Crippen LogP contribution in [-0.4, -0.2) is 29.1 Å². The van der Waals surface area contributed by atoms with E-state index in [0.29, 0.717) is 6.04 Å². The standard InChI is InChI=1S/C18H29NO/c1-4-7-16-8-5-6-11-19(16)13-18(20)17-10-9-14(2)12-15(17)3/h9-10,12,16,18,20H,4-8,11,13H2,1-3H3. The first-order valence-electron chi connectivity index (χ1n) is 8.11. The molecule has 1 aliphatic heterocycles. The van der Waals surface area contributed by atoms with Crippen molar-refractivity contribution in [1.29, 1.82) is 0 Å². The lowest BCUT2D eigenvalue weighted by Crippen LogP contribution is -2.41. The summed E-state index contributed by atoms with van der Waals surface area (Å²) in [4.78, 5) is 2.51. The van der Waals surface area contributed by atoms with Crippen molar-refractivity contribution in [1.82, 2.24) is 4.90 Å². The van der Waals surface area contributed by atoms with Crippen molar-refractivity contribution in [2.45, 2.75) is 65.0 Å². The Hall–Kier alpha value is -0.860. The lowest BCUT2D eigenvalue weighted by Gasteiger charge is -2.37. The van der Waals surface area contributed by atoms with Crippen molar-refractivity contribution in [3.8, 4) is 0 Å². The van der Waals surface area contributed by atoms with Gasteiger partial charge in [-0.15, -0.1) is 0 Å². The molecule has 0 spiro atoms. The van der Waals surface area contributed by atoms with Crippen LogP contribution in [0.3, 0.4) is 0 Å². The molecule has 2 rings (SSSR count). The van der Waals surface area contributed by atoms with Gasteiger partial charge >= 0.3 is 0 Å². The number of likely N-dealkylation sites (tertiary alicyclic amines) is 1. The minimum Gasteiger partial charge on any atom is -0.387 e. The summed E-state index contributed by atoms with van der Waals surface area (Å²) in [5, 5.41) is 10.6. The van der Waals surface area contributed by atoms with E-state index < -0.39 is 0 Å². The molecule has 1 N–H and O–H groups in total. The largest absolute Gasteiger partial charge is 0.387 e. The van der Waals surface area contributed by atoms with Crippen LogP contribution >= 0.6 is 0 Å². The van der Waals surface area contributed by atoms with Gasteiger partial charge in [0.05, 0.1) is 6.10 Å². The maximum atomic E-state index is 10.6. The van der Waals surface area contributed by atoms with Crippen LogP contribution in [0.4, 0.5) is 0 Å². The molecule has 112 valence electrons. The molecule has 1 aliphatic rings. The van der Waals surface area contributed by atoms with Gasteiger partial charge < -0.3 is 5.11 Å². The molecule has 2 unspecified atom stereocenters. The van der Waals surface area contributed by atoms with Crippen LogP contribution in [-0.2, 0) is 0 Å². The number of aliphatic hydroxyl groups excluding tert-OH is 1. The number of β-amino-alcohol motifs (C(OH)–C–C–N with tert-alkyl or cyclic N) is 1. The molecule has 1 aromatic carbocycles. The second-order valence-corrected chi connectivity index (χ2v) is 6.31. The van der Waals surface area contributed by atoms with Crippen molar-refractivity contribution in [3.05, 3.63) is 34.9 Å². The average molecular weight is 275 g/mol. The molecule has 0 saturated carbocycles. The molecule has 2 nitrogen and oxygen atoms in total. The first kappa shape index (κ1) is 15.5. The molecule has 1 heterocycles. The lowest BCUT2D eigenvalue weighted by atomic mass is 9.95. The number of aryl methyl sites for hydroxylation is 2. The molecule has 1 aromatic rings. The van der Waals surface area contributed by atoms with Gasteiger partial charge in [0.1, 0.15) is 0 Å². The smallest absolute Gasteiger partial charge is 0.0919 e. The van der Waals surface area contributed by atoms with Gasteiger partial charge in [-0.05, 0) is 50.8 Å². The minimum absolute atomic E-state index is 0.354. The van der Waals surface area contributed by atoms with E-state index in [2.05, 4.69) is 43.9 Å². The van der Waals surface area contributed by atoms with Crippen LogP contribution in [0, 0.1) is 13.8 Å². The monoisotopic (exact) mass is 275 g/mol. The van der Waals surface area contributed by atoms with Crippen molar-refractivity contribution in [2.75, 3.05) is 13.1 Å². The Morgan fingerprint density at radius 1 is 1.30 bits per heavy atom. The summed E-state index contributed by atoms with van der Waals surface area (Å²) in [6, 6.07) is 7.03. The zero-order chi connectivity index (χ0) is 14.5. The maximum absolute atomic E-state index is 10.6. The van der Waals surface area contributed by atoms with Gasteiger partial charge in [-0.3, -0.25) is 4.90 Å². The van der Waals surface area contributed by atoms with Crippen LogP contribution in [0.5, 0.6) is 0 Å². The molecule has 1 saturated heterocycles. The number of aliphatic hydroxyl groups is 1. The Morgan fingerprint density at radius 2 is 2.10 bits per heavy atom. The van der Waals surface area contributed by atoms with E-state index in [1.54, 1.807) is 0 Å². The first-order chi connectivity index (χ1) is 9.61. The average Bonchev–Trinajstić information content (AvgIpc) is 2.41. The molecule has 0 aromatic heterocycles. The predicted octanol–water partition coefficient (Wildman–Crippen LogP) is 3.99. The van der Waals surface area contributed by atoms with Gasteiger partial charge in [-0.25, -0.2) is 0 Å². The van der Waals surface area contributed by atoms with Gasteiger partial charge in [0.2, 0.25) is 0 Å². The zero-order valence-corrected chi connectivity index (χ0v) is 13.2. The van der Waals surface area contributed by atoms with Crippen molar-refractivity contribution < 1.29 is 5.11 Å². The molecule has 1 fully saturated rings. The molecule has 20 heavy (non-hydrogen) atoms. The van der Waals surface area contributed by atoms with E-state index >= 15 is 0 Å². The van der Waals surface area contributed by atoms with E-state index in [-0.39, 0.29) is 6.10 Å². The quantitative estimate of drug-likeness (QED) is 0.878. The number of nitrogens with zero attached hydrogens (tertiary/aromatic N) is 1. The second kappa shape index (κ2) is 7.24. The molecule has 0 bridgehead atoms. The van der Waals surface area contributed by atoms with Crippen molar-refractivity contribution in [3.63, 3.8) is 0 Å². The fourth-order valence-corrected chi connectivity index (χ4v) is 3.48. The highest BCUT2D eigenvalue weighted by Gasteiger charge is 2.24. The third kappa shape index (κ3) is 3.83. The fraction of sp³-hybridized carbons (Fsp3) is 0.667. The summed E-state index contributed by atoms with van der Waals surface area (Å²) in [5.74, 6) is 0. The predicted molar refractivity (Wildman–Crippen MR) is 85.0 cm³/mol. The van der Waals surface area contributed by atoms with Gasteiger partial charge in [0.15, 0.2) is 0 Å². The number of piperidine rings is 1. The minimum atomic E-state index is -0.354.